The summed E-state index contributed by atoms with van der Waals surface area (Å²) in [7, 11) is 0. The molecule has 0 saturated heterocycles. The quantitative estimate of drug-likeness (QED) is 0.828. The Balaban J connectivity index is 2.03. The van der Waals surface area contributed by atoms with Crippen molar-refractivity contribution in [3.05, 3.63) is 39.0 Å². The van der Waals surface area contributed by atoms with E-state index in [0.29, 0.717) is 12.1 Å². The molecule has 1 atom stereocenters. The Hall–Kier alpha value is -1.04. The van der Waals surface area contributed by atoms with Crippen molar-refractivity contribution in [2.75, 3.05) is 0 Å². The molecule has 3 nitrogen and oxygen atoms in total. The van der Waals surface area contributed by atoms with Gasteiger partial charge in [0.1, 0.15) is 5.69 Å². The van der Waals surface area contributed by atoms with Gasteiger partial charge in [0.05, 0.1) is 11.6 Å². The van der Waals surface area contributed by atoms with Gasteiger partial charge >= 0.3 is 0 Å². The molecule has 2 N–H and O–H groups in total. The van der Waals surface area contributed by atoms with E-state index in [9.17, 15) is 4.79 Å². The highest BCUT2D eigenvalue weighted by Crippen LogP contribution is 2.13. The third-order valence-corrected chi connectivity index (χ3v) is 3.51. The molecule has 1 unspecified atom stereocenters. The van der Waals surface area contributed by atoms with Gasteiger partial charge in [0.15, 0.2) is 5.78 Å². The Kier molecular flexibility index (Phi) is 3.25. The molecule has 0 aliphatic rings. The molecule has 0 aliphatic heterocycles. The van der Waals surface area contributed by atoms with Crippen LogP contribution in [0.3, 0.4) is 0 Å². The van der Waals surface area contributed by atoms with E-state index in [4.69, 9.17) is 5.73 Å². The maximum atomic E-state index is 11.8. The van der Waals surface area contributed by atoms with Crippen molar-refractivity contribution >= 4 is 28.5 Å². The van der Waals surface area contributed by atoms with Crippen LogP contribution < -0.4 is 5.73 Å². The zero-order chi connectivity index (χ0) is 10.7. The lowest BCUT2D eigenvalue weighted by atomic mass is 10.1. The summed E-state index contributed by atoms with van der Waals surface area (Å²) < 4.78 is 0. The van der Waals surface area contributed by atoms with Gasteiger partial charge < -0.3 is 5.73 Å². The zero-order valence-corrected chi connectivity index (χ0v) is 9.55. The number of Topliss-reactive ketones (excluding diaryl/α,β-unsaturated/α-hetero) is 1. The van der Waals surface area contributed by atoms with Crippen molar-refractivity contribution in [3.8, 4) is 0 Å². The van der Waals surface area contributed by atoms with Crippen molar-refractivity contribution in [2.24, 2.45) is 5.73 Å². The van der Waals surface area contributed by atoms with E-state index in [1.165, 1.54) is 11.3 Å². The SMILES string of the molecule is NC(Cc1cccs1)C(=O)c1cscn1. The first kappa shape index (κ1) is 10.5. The van der Waals surface area contributed by atoms with Gasteiger partial charge in [-0.05, 0) is 11.4 Å². The summed E-state index contributed by atoms with van der Waals surface area (Å²) in [6.45, 7) is 0. The van der Waals surface area contributed by atoms with Gasteiger partial charge in [0.25, 0.3) is 0 Å². The Bertz CT molecular complexity index is 422. The largest absolute Gasteiger partial charge is 0.321 e. The van der Waals surface area contributed by atoms with Crippen LogP contribution in [-0.2, 0) is 6.42 Å². The number of thiazole rings is 1. The third kappa shape index (κ3) is 2.50. The molecule has 2 rings (SSSR count). The van der Waals surface area contributed by atoms with Crippen molar-refractivity contribution in [3.63, 3.8) is 0 Å². The van der Waals surface area contributed by atoms with Gasteiger partial charge in [-0.3, -0.25) is 4.79 Å². The van der Waals surface area contributed by atoms with Gasteiger partial charge in [-0.1, -0.05) is 6.07 Å². The highest BCUT2D eigenvalue weighted by molar-refractivity contribution is 7.09. The summed E-state index contributed by atoms with van der Waals surface area (Å²) >= 11 is 3.02. The Morgan fingerprint density at radius 3 is 3.07 bits per heavy atom. The average molecular weight is 238 g/mol. The van der Waals surface area contributed by atoms with E-state index in [2.05, 4.69) is 4.98 Å². The molecule has 0 spiro atoms. The molecular formula is C10H10N2OS2. The molecule has 0 radical (unpaired) electrons. The first-order chi connectivity index (χ1) is 7.27. The lowest BCUT2D eigenvalue weighted by molar-refractivity contribution is 0.0957. The van der Waals surface area contributed by atoms with Crippen LogP contribution in [0.4, 0.5) is 0 Å². The second-order valence-corrected chi connectivity index (χ2v) is 4.88. The number of thiophene rings is 1. The van der Waals surface area contributed by atoms with Crippen LogP contribution in [0.2, 0.25) is 0 Å². The summed E-state index contributed by atoms with van der Waals surface area (Å²) in [6.07, 6.45) is 0.591. The minimum atomic E-state index is -0.481. The summed E-state index contributed by atoms with van der Waals surface area (Å²) in [5, 5.41) is 3.71. The van der Waals surface area contributed by atoms with E-state index < -0.39 is 6.04 Å². The van der Waals surface area contributed by atoms with E-state index in [1.54, 1.807) is 22.2 Å². The molecular weight excluding hydrogens is 228 g/mol. The number of hydrogen-bond donors (Lipinski definition) is 1. The van der Waals surface area contributed by atoms with Crippen LogP contribution in [0.25, 0.3) is 0 Å². The molecule has 0 aromatic carbocycles. The molecule has 2 aromatic rings. The molecule has 0 saturated carbocycles. The third-order valence-electron chi connectivity index (χ3n) is 2.02. The van der Waals surface area contributed by atoms with Crippen LogP contribution in [0.15, 0.2) is 28.4 Å². The Morgan fingerprint density at radius 2 is 2.47 bits per heavy atom. The average Bonchev–Trinajstić information content (AvgIpc) is 2.88. The second kappa shape index (κ2) is 4.65. The molecule has 2 aromatic heterocycles. The van der Waals surface area contributed by atoms with Crippen LogP contribution in [0, 0.1) is 0 Å². The molecule has 0 amide bonds. The van der Waals surface area contributed by atoms with Gasteiger partial charge in [0.2, 0.25) is 0 Å². The van der Waals surface area contributed by atoms with Crippen LogP contribution in [-0.4, -0.2) is 16.8 Å². The number of nitrogens with zero attached hydrogens (tertiary/aromatic N) is 1. The van der Waals surface area contributed by atoms with Crippen molar-refractivity contribution in [1.82, 2.24) is 4.98 Å². The highest BCUT2D eigenvalue weighted by atomic mass is 32.1. The van der Waals surface area contributed by atoms with Crippen LogP contribution >= 0.6 is 22.7 Å². The number of carbonyl (C=O) groups is 1. The number of nitrogens with two attached hydrogens (primary N) is 1. The van der Waals surface area contributed by atoms with Gasteiger partial charge in [-0.25, -0.2) is 4.98 Å². The highest BCUT2D eigenvalue weighted by Gasteiger charge is 2.17. The number of hydrogen-bond acceptors (Lipinski definition) is 5. The number of rotatable bonds is 4. The van der Waals surface area contributed by atoms with E-state index in [-0.39, 0.29) is 5.78 Å². The topological polar surface area (TPSA) is 56.0 Å². The minimum Gasteiger partial charge on any atom is -0.321 e. The predicted molar refractivity (Wildman–Crippen MR) is 62.4 cm³/mol. The van der Waals surface area contributed by atoms with Gasteiger partial charge in [-0.2, -0.15) is 0 Å². The maximum absolute atomic E-state index is 11.8. The Labute approximate surface area is 95.6 Å². The Morgan fingerprint density at radius 1 is 1.60 bits per heavy atom. The molecule has 0 bridgehead atoms. The first-order valence-electron chi connectivity index (χ1n) is 4.47. The fourth-order valence-electron chi connectivity index (χ4n) is 1.26. The standard InChI is InChI=1S/C10H10N2OS2/c11-8(4-7-2-1-3-15-7)10(13)9-5-14-6-12-9/h1-3,5-6,8H,4,11H2. The van der Waals surface area contributed by atoms with E-state index in [1.807, 2.05) is 17.5 Å². The molecule has 15 heavy (non-hydrogen) atoms. The fraction of sp³-hybridized carbons (Fsp3) is 0.200. The first-order valence-corrected chi connectivity index (χ1v) is 6.30. The lowest BCUT2D eigenvalue weighted by Gasteiger charge is -2.06. The maximum Gasteiger partial charge on any atom is 0.199 e. The summed E-state index contributed by atoms with van der Waals surface area (Å²) in [4.78, 5) is 16.8. The molecule has 0 aliphatic carbocycles. The normalized spacial score (nSPS) is 12.6. The smallest absolute Gasteiger partial charge is 0.199 e. The zero-order valence-electron chi connectivity index (χ0n) is 7.92. The molecule has 78 valence electrons. The molecule has 2 heterocycles. The molecule has 0 fully saturated rings. The molecule has 5 heteroatoms. The second-order valence-electron chi connectivity index (χ2n) is 3.13. The minimum absolute atomic E-state index is 0.0790. The van der Waals surface area contributed by atoms with E-state index in [0.717, 1.165) is 4.88 Å². The van der Waals surface area contributed by atoms with E-state index >= 15 is 0 Å². The summed E-state index contributed by atoms with van der Waals surface area (Å²) in [5.41, 5.74) is 7.94. The van der Waals surface area contributed by atoms with Crippen LogP contribution in [0.5, 0.6) is 0 Å². The fourth-order valence-corrected chi connectivity index (χ4v) is 2.57. The predicted octanol–water partition coefficient (Wildman–Crippen LogP) is 1.96. The van der Waals surface area contributed by atoms with Crippen LogP contribution in [0.1, 0.15) is 15.4 Å². The monoisotopic (exact) mass is 238 g/mol. The number of aromatic nitrogens is 1. The number of ketones is 1. The summed E-state index contributed by atoms with van der Waals surface area (Å²) in [5.74, 6) is -0.0790. The van der Waals surface area contributed by atoms with Crippen molar-refractivity contribution in [1.29, 1.82) is 0 Å². The number of carbonyl (C=O) groups excluding carboxylic acids is 1. The van der Waals surface area contributed by atoms with Crippen molar-refractivity contribution in [2.45, 2.75) is 12.5 Å². The van der Waals surface area contributed by atoms with Gasteiger partial charge in [0, 0.05) is 16.7 Å². The lowest BCUT2D eigenvalue weighted by Crippen LogP contribution is -2.32. The van der Waals surface area contributed by atoms with Gasteiger partial charge in [-0.15, -0.1) is 22.7 Å². The summed E-state index contributed by atoms with van der Waals surface area (Å²) in [6, 6.07) is 3.46. The van der Waals surface area contributed by atoms with Crippen molar-refractivity contribution < 1.29 is 4.79 Å².